The largest absolute Gasteiger partial charge is 0.325 e. The lowest BCUT2D eigenvalue weighted by molar-refractivity contribution is -0.134. The first kappa shape index (κ1) is 34.8. The van der Waals surface area contributed by atoms with Crippen molar-refractivity contribution in [1.29, 1.82) is 0 Å². The van der Waals surface area contributed by atoms with Crippen LogP contribution in [0.5, 0.6) is 0 Å². The summed E-state index contributed by atoms with van der Waals surface area (Å²) in [5, 5.41) is 4.88. The normalized spacial score (nSPS) is 19.0. The van der Waals surface area contributed by atoms with Gasteiger partial charge < -0.3 is 10.6 Å². The Labute approximate surface area is 282 Å². The van der Waals surface area contributed by atoms with Crippen LogP contribution >= 0.6 is 22.7 Å². The first-order chi connectivity index (χ1) is 22.4. The van der Waals surface area contributed by atoms with Gasteiger partial charge in [-0.1, -0.05) is 12.1 Å². The highest BCUT2D eigenvalue weighted by Crippen LogP contribution is 2.41. The summed E-state index contributed by atoms with van der Waals surface area (Å²) < 4.78 is 77.1. The zero-order chi connectivity index (χ0) is 35.3. The van der Waals surface area contributed by atoms with E-state index in [1.807, 2.05) is 0 Å². The zero-order valence-electron chi connectivity index (χ0n) is 25.5. The molecule has 2 aromatic carbocycles. The SMILES string of the molecule is Cc1cc2c(s1)S(=O)(=O)N(C)C(=O)C2C(=O)Nc1ccc(F)cc1.Cc1cc2c(s1)S(=O)(=O)N(C)C(=O)C2C(=O)Nc1ccccc1F. The summed E-state index contributed by atoms with van der Waals surface area (Å²) in [6.45, 7) is 3.40. The molecule has 4 aromatic rings. The lowest BCUT2D eigenvalue weighted by Crippen LogP contribution is -2.45. The van der Waals surface area contributed by atoms with Gasteiger partial charge in [-0.15, -0.1) is 22.7 Å². The minimum absolute atomic E-state index is 0.00126. The first-order valence-electron chi connectivity index (χ1n) is 13.8. The van der Waals surface area contributed by atoms with E-state index in [0.29, 0.717) is 24.1 Å². The number of sulfonamides is 2. The van der Waals surface area contributed by atoms with Gasteiger partial charge in [-0.05, 0) is 62.4 Å². The molecule has 6 rings (SSSR count). The van der Waals surface area contributed by atoms with E-state index >= 15 is 0 Å². The number of fused-ring (bicyclic) bond motifs is 2. The molecule has 2 aliphatic heterocycles. The average Bonchev–Trinajstić information content (AvgIpc) is 3.61. The molecule has 2 unspecified atom stereocenters. The fourth-order valence-electron chi connectivity index (χ4n) is 4.97. The van der Waals surface area contributed by atoms with Crippen molar-refractivity contribution in [3.63, 3.8) is 0 Å². The number of hydrogen-bond donors (Lipinski definition) is 2. The molecule has 18 heteroatoms. The number of anilines is 2. The molecular weight excluding hydrogens is 711 g/mol. The molecule has 0 spiro atoms. The van der Waals surface area contributed by atoms with Crippen LogP contribution in [0.1, 0.15) is 32.7 Å². The van der Waals surface area contributed by atoms with Crippen LogP contribution in [0, 0.1) is 25.5 Å². The highest BCUT2D eigenvalue weighted by Gasteiger charge is 2.47. The monoisotopic (exact) mass is 736 g/mol. The van der Waals surface area contributed by atoms with Crippen molar-refractivity contribution in [3.05, 3.63) is 93.2 Å². The Balaban J connectivity index is 0.000000188. The lowest BCUT2D eigenvalue weighted by Gasteiger charge is -2.28. The molecule has 4 heterocycles. The smallest absolute Gasteiger partial charge is 0.276 e. The van der Waals surface area contributed by atoms with Crippen LogP contribution in [0.15, 0.2) is 69.1 Å². The van der Waals surface area contributed by atoms with E-state index < -0.39 is 67.1 Å². The number of para-hydroxylation sites is 1. The van der Waals surface area contributed by atoms with Gasteiger partial charge in [0.1, 0.15) is 31.9 Å². The third kappa shape index (κ3) is 6.23. The lowest BCUT2D eigenvalue weighted by atomic mass is 9.99. The van der Waals surface area contributed by atoms with Crippen molar-refractivity contribution >= 4 is 77.7 Å². The van der Waals surface area contributed by atoms with Gasteiger partial charge in [0.05, 0.1) is 5.69 Å². The second kappa shape index (κ2) is 12.8. The summed E-state index contributed by atoms with van der Waals surface area (Å²) in [5.74, 6) is -6.81. The maximum absolute atomic E-state index is 13.7. The van der Waals surface area contributed by atoms with Crippen molar-refractivity contribution in [3.8, 4) is 0 Å². The van der Waals surface area contributed by atoms with E-state index in [1.54, 1.807) is 13.8 Å². The first-order valence-corrected chi connectivity index (χ1v) is 18.3. The summed E-state index contributed by atoms with van der Waals surface area (Å²) in [7, 11) is -5.63. The fraction of sp³-hybridized carbons (Fsp3) is 0.200. The zero-order valence-corrected chi connectivity index (χ0v) is 28.7. The molecule has 48 heavy (non-hydrogen) atoms. The second-order valence-corrected chi connectivity index (χ2v) is 17.5. The number of halogens is 2. The van der Waals surface area contributed by atoms with Crippen molar-refractivity contribution in [2.75, 3.05) is 24.7 Å². The van der Waals surface area contributed by atoms with Crippen LogP contribution < -0.4 is 10.6 Å². The number of thiophene rings is 2. The van der Waals surface area contributed by atoms with Gasteiger partial charge in [0.15, 0.2) is 0 Å². The Kier molecular flexibility index (Phi) is 9.30. The molecule has 2 atom stereocenters. The number of likely N-dealkylation sites (N-methyl/N-ethyl adjacent to an activating group) is 2. The molecule has 0 aliphatic carbocycles. The van der Waals surface area contributed by atoms with Crippen LogP contribution in [0.3, 0.4) is 0 Å². The quantitative estimate of drug-likeness (QED) is 0.295. The number of carbonyl (C=O) groups is 4. The van der Waals surface area contributed by atoms with E-state index in [4.69, 9.17) is 0 Å². The highest BCUT2D eigenvalue weighted by molar-refractivity contribution is 7.92. The van der Waals surface area contributed by atoms with Gasteiger partial charge in [0, 0.05) is 40.7 Å². The number of nitrogens with one attached hydrogen (secondary N) is 2. The summed E-state index contributed by atoms with van der Waals surface area (Å²) in [6.07, 6.45) is 0. The molecular formula is C30H26F2N4O8S4. The molecule has 0 bridgehead atoms. The fourth-order valence-corrected chi connectivity index (χ4v) is 10.9. The molecule has 2 aliphatic rings. The highest BCUT2D eigenvalue weighted by atomic mass is 32.3. The van der Waals surface area contributed by atoms with E-state index in [9.17, 15) is 44.8 Å². The Morgan fingerprint density at radius 2 is 1.15 bits per heavy atom. The van der Waals surface area contributed by atoms with Gasteiger partial charge in [-0.2, -0.15) is 0 Å². The summed E-state index contributed by atoms with van der Waals surface area (Å²) in [6, 6.07) is 13.7. The van der Waals surface area contributed by atoms with Crippen molar-refractivity contribution in [2.45, 2.75) is 34.1 Å². The average molecular weight is 737 g/mol. The van der Waals surface area contributed by atoms with E-state index in [2.05, 4.69) is 10.6 Å². The Bertz CT molecular complexity index is 2200. The van der Waals surface area contributed by atoms with Crippen LogP contribution in [-0.2, 0) is 39.2 Å². The molecule has 2 N–H and O–H groups in total. The van der Waals surface area contributed by atoms with E-state index in [0.717, 1.165) is 36.8 Å². The number of hydrogen-bond acceptors (Lipinski definition) is 10. The molecule has 0 saturated carbocycles. The number of rotatable bonds is 4. The van der Waals surface area contributed by atoms with E-state index in [1.165, 1.54) is 60.7 Å². The Morgan fingerprint density at radius 1 is 0.708 bits per heavy atom. The predicted molar refractivity (Wildman–Crippen MR) is 174 cm³/mol. The number of aryl methyl sites for hydroxylation is 2. The van der Waals surface area contributed by atoms with Gasteiger partial charge >= 0.3 is 0 Å². The number of amides is 4. The predicted octanol–water partition coefficient (Wildman–Crippen LogP) is 4.16. The summed E-state index contributed by atoms with van der Waals surface area (Å²) in [4.78, 5) is 51.3. The second-order valence-electron chi connectivity index (χ2n) is 10.7. The number of carbonyl (C=O) groups excluding carboxylic acids is 4. The summed E-state index contributed by atoms with van der Waals surface area (Å²) in [5.41, 5.74) is 0.563. The maximum atomic E-state index is 13.7. The van der Waals surface area contributed by atoms with Crippen molar-refractivity contribution < 1.29 is 44.8 Å². The molecule has 4 amide bonds. The van der Waals surface area contributed by atoms with Crippen molar-refractivity contribution in [2.24, 2.45) is 0 Å². The van der Waals surface area contributed by atoms with Crippen LogP contribution in [0.2, 0.25) is 0 Å². The van der Waals surface area contributed by atoms with Gasteiger partial charge in [0.25, 0.3) is 31.9 Å². The van der Waals surface area contributed by atoms with Crippen LogP contribution in [0.25, 0.3) is 0 Å². The molecule has 0 radical (unpaired) electrons. The van der Waals surface area contributed by atoms with Crippen LogP contribution in [0.4, 0.5) is 20.2 Å². The third-order valence-electron chi connectivity index (χ3n) is 7.39. The molecule has 0 fully saturated rings. The molecule has 12 nitrogen and oxygen atoms in total. The summed E-state index contributed by atoms with van der Waals surface area (Å²) >= 11 is 2.02. The van der Waals surface area contributed by atoms with Crippen LogP contribution in [-0.4, -0.2) is 63.2 Å². The van der Waals surface area contributed by atoms with Gasteiger partial charge in [0.2, 0.25) is 11.8 Å². The third-order valence-corrected chi connectivity index (χ3v) is 14.1. The van der Waals surface area contributed by atoms with Crippen molar-refractivity contribution in [1.82, 2.24) is 8.61 Å². The van der Waals surface area contributed by atoms with Gasteiger partial charge in [-0.3, -0.25) is 19.2 Å². The molecule has 252 valence electrons. The topological polar surface area (TPSA) is 167 Å². The minimum Gasteiger partial charge on any atom is -0.325 e. The maximum Gasteiger partial charge on any atom is 0.276 e. The Hall–Kier alpha value is -4.52. The van der Waals surface area contributed by atoms with Gasteiger partial charge in [-0.25, -0.2) is 34.2 Å². The standard InChI is InChI=1S/2C15H13FN2O4S2/c1-8-7-11-12(13(19)17-10-5-3-9(16)4-6-10)14(20)18(2)24(21,22)15(11)23-8;1-8-7-9-12(13(19)17-11-6-4-3-5-10(11)16)14(20)18(2)24(21,22)15(9)23-8/h2*3-7,12H,1-2H3,(H,17,19). The number of benzene rings is 2. The molecule has 0 saturated heterocycles. The minimum atomic E-state index is -3.95. The number of nitrogens with zero attached hydrogens (tertiary/aromatic N) is 2. The van der Waals surface area contributed by atoms with E-state index in [-0.39, 0.29) is 25.2 Å². The Morgan fingerprint density at radius 3 is 1.60 bits per heavy atom. The molecule has 2 aromatic heterocycles.